The minimum Gasteiger partial charge on any atom is -0.370 e. The van der Waals surface area contributed by atoms with Crippen molar-refractivity contribution in [2.24, 2.45) is 5.73 Å². The Balaban J connectivity index is 2.08. The van der Waals surface area contributed by atoms with Crippen LogP contribution < -0.4 is 11.1 Å². The highest BCUT2D eigenvalue weighted by atomic mass is 15.2. The standard InChI is InChI=1S/C9H14N4/c10-6-1-2-8-12-7-3-4-11-9(7)13(8)5-6/h6,11H,1-5,10H2. The van der Waals surface area contributed by atoms with Gasteiger partial charge in [-0.3, -0.25) is 0 Å². The van der Waals surface area contributed by atoms with Gasteiger partial charge in [0.05, 0.1) is 5.69 Å². The first-order valence-corrected chi connectivity index (χ1v) is 4.92. The Labute approximate surface area is 77.1 Å². The number of fused-ring (bicyclic) bond motifs is 3. The van der Waals surface area contributed by atoms with Gasteiger partial charge in [0.1, 0.15) is 11.6 Å². The molecule has 2 aliphatic heterocycles. The molecule has 0 saturated carbocycles. The van der Waals surface area contributed by atoms with Gasteiger partial charge < -0.3 is 15.6 Å². The molecule has 0 spiro atoms. The molecule has 2 aliphatic rings. The molecular weight excluding hydrogens is 164 g/mol. The number of nitrogens with one attached hydrogen (secondary N) is 1. The second kappa shape index (κ2) is 2.48. The molecule has 0 bridgehead atoms. The lowest BCUT2D eigenvalue weighted by molar-refractivity contribution is 0.456. The van der Waals surface area contributed by atoms with Crippen LogP contribution in [0.15, 0.2) is 0 Å². The first kappa shape index (κ1) is 7.38. The second-order valence-electron chi connectivity index (χ2n) is 3.91. The van der Waals surface area contributed by atoms with Gasteiger partial charge in [0, 0.05) is 32.0 Å². The lowest BCUT2D eigenvalue weighted by atomic mass is 10.1. The number of imidazole rings is 1. The summed E-state index contributed by atoms with van der Waals surface area (Å²) in [4.78, 5) is 4.61. The maximum atomic E-state index is 5.93. The van der Waals surface area contributed by atoms with E-state index in [1.54, 1.807) is 0 Å². The van der Waals surface area contributed by atoms with Crippen molar-refractivity contribution in [3.8, 4) is 0 Å². The molecule has 1 atom stereocenters. The van der Waals surface area contributed by atoms with E-state index in [4.69, 9.17) is 5.73 Å². The molecule has 0 aromatic carbocycles. The van der Waals surface area contributed by atoms with Crippen molar-refractivity contribution < 1.29 is 0 Å². The molecular formula is C9H14N4. The topological polar surface area (TPSA) is 55.9 Å². The first-order valence-electron chi connectivity index (χ1n) is 4.92. The van der Waals surface area contributed by atoms with Crippen LogP contribution >= 0.6 is 0 Å². The predicted molar refractivity (Wildman–Crippen MR) is 50.7 cm³/mol. The highest BCUT2D eigenvalue weighted by Crippen LogP contribution is 2.27. The summed E-state index contributed by atoms with van der Waals surface area (Å²) in [5.74, 6) is 2.45. The molecule has 0 fully saturated rings. The van der Waals surface area contributed by atoms with Crippen LogP contribution in [-0.4, -0.2) is 22.1 Å². The Bertz CT molecular complexity index is 342. The molecule has 0 saturated heterocycles. The van der Waals surface area contributed by atoms with Gasteiger partial charge in [0.25, 0.3) is 0 Å². The van der Waals surface area contributed by atoms with Gasteiger partial charge in [-0.15, -0.1) is 0 Å². The van der Waals surface area contributed by atoms with Crippen LogP contribution in [0, 0.1) is 0 Å². The number of anilines is 1. The van der Waals surface area contributed by atoms with Crippen molar-refractivity contribution in [3.05, 3.63) is 11.5 Å². The van der Waals surface area contributed by atoms with Crippen LogP contribution in [0.25, 0.3) is 0 Å². The number of aromatic nitrogens is 2. The molecule has 1 aromatic heterocycles. The van der Waals surface area contributed by atoms with Crippen LogP contribution in [0.3, 0.4) is 0 Å². The third kappa shape index (κ3) is 0.983. The number of hydrogen-bond donors (Lipinski definition) is 2. The second-order valence-corrected chi connectivity index (χ2v) is 3.91. The number of aryl methyl sites for hydroxylation is 1. The third-order valence-corrected chi connectivity index (χ3v) is 2.93. The van der Waals surface area contributed by atoms with Crippen molar-refractivity contribution in [3.63, 3.8) is 0 Å². The third-order valence-electron chi connectivity index (χ3n) is 2.93. The van der Waals surface area contributed by atoms with Gasteiger partial charge in [-0.25, -0.2) is 4.98 Å². The molecule has 0 radical (unpaired) electrons. The van der Waals surface area contributed by atoms with E-state index >= 15 is 0 Å². The number of rotatable bonds is 0. The molecule has 0 amide bonds. The van der Waals surface area contributed by atoms with Crippen LogP contribution in [-0.2, 0) is 19.4 Å². The van der Waals surface area contributed by atoms with Gasteiger partial charge in [-0.2, -0.15) is 0 Å². The summed E-state index contributed by atoms with van der Waals surface area (Å²) < 4.78 is 2.26. The SMILES string of the molecule is NC1CCc2nc3c(n2C1)NCC3. The summed E-state index contributed by atoms with van der Waals surface area (Å²) in [7, 11) is 0. The Morgan fingerprint density at radius 2 is 2.38 bits per heavy atom. The number of hydrogen-bond acceptors (Lipinski definition) is 3. The molecule has 4 nitrogen and oxygen atoms in total. The van der Waals surface area contributed by atoms with Gasteiger partial charge in [0.15, 0.2) is 0 Å². The van der Waals surface area contributed by atoms with E-state index in [1.807, 2.05) is 0 Å². The zero-order chi connectivity index (χ0) is 8.84. The summed E-state index contributed by atoms with van der Waals surface area (Å²) in [5.41, 5.74) is 7.17. The van der Waals surface area contributed by atoms with Crippen molar-refractivity contribution in [1.29, 1.82) is 0 Å². The normalized spacial score (nSPS) is 25.2. The average Bonchev–Trinajstić information content (AvgIpc) is 2.64. The van der Waals surface area contributed by atoms with Gasteiger partial charge in [-0.05, 0) is 6.42 Å². The lowest BCUT2D eigenvalue weighted by Gasteiger charge is -2.21. The maximum Gasteiger partial charge on any atom is 0.129 e. The van der Waals surface area contributed by atoms with E-state index in [0.717, 1.165) is 32.4 Å². The maximum absolute atomic E-state index is 5.93. The molecule has 1 aromatic rings. The predicted octanol–water partition coefficient (Wildman–Crippen LogP) is 0.125. The van der Waals surface area contributed by atoms with E-state index in [-0.39, 0.29) is 0 Å². The zero-order valence-corrected chi connectivity index (χ0v) is 7.58. The van der Waals surface area contributed by atoms with Crippen LogP contribution in [0.4, 0.5) is 5.82 Å². The Morgan fingerprint density at radius 3 is 3.31 bits per heavy atom. The molecule has 3 N–H and O–H groups in total. The fourth-order valence-electron chi connectivity index (χ4n) is 2.25. The largest absolute Gasteiger partial charge is 0.370 e. The monoisotopic (exact) mass is 178 g/mol. The fraction of sp³-hybridized carbons (Fsp3) is 0.667. The fourth-order valence-corrected chi connectivity index (χ4v) is 2.25. The van der Waals surface area contributed by atoms with Gasteiger partial charge >= 0.3 is 0 Å². The summed E-state index contributed by atoms with van der Waals surface area (Å²) in [6.07, 6.45) is 3.19. The van der Waals surface area contributed by atoms with Crippen LogP contribution in [0.2, 0.25) is 0 Å². The number of nitrogens with two attached hydrogens (primary N) is 1. The minimum atomic E-state index is 0.313. The Kier molecular flexibility index (Phi) is 1.41. The minimum absolute atomic E-state index is 0.313. The quantitative estimate of drug-likeness (QED) is 0.593. The van der Waals surface area contributed by atoms with Crippen molar-refractivity contribution >= 4 is 5.82 Å². The zero-order valence-electron chi connectivity index (χ0n) is 7.58. The molecule has 1 unspecified atom stereocenters. The van der Waals surface area contributed by atoms with Crippen LogP contribution in [0.5, 0.6) is 0 Å². The summed E-state index contributed by atoms with van der Waals surface area (Å²) in [6.45, 7) is 1.97. The average molecular weight is 178 g/mol. The molecule has 13 heavy (non-hydrogen) atoms. The first-order chi connectivity index (χ1) is 6.34. The van der Waals surface area contributed by atoms with Crippen molar-refractivity contribution in [2.45, 2.75) is 31.8 Å². The molecule has 3 heterocycles. The highest BCUT2D eigenvalue weighted by molar-refractivity contribution is 5.48. The van der Waals surface area contributed by atoms with E-state index < -0.39 is 0 Å². The summed E-state index contributed by atoms with van der Waals surface area (Å²) >= 11 is 0. The number of nitrogens with zero attached hydrogens (tertiary/aromatic N) is 2. The van der Waals surface area contributed by atoms with E-state index in [0.29, 0.717) is 6.04 Å². The molecule has 3 rings (SSSR count). The van der Waals surface area contributed by atoms with Crippen molar-refractivity contribution in [2.75, 3.05) is 11.9 Å². The molecule has 70 valence electrons. The van der Waals surface area contributed by atoms with Crippen LogP contribution in [0.1, 0.15) is 17.9 Å². The highest BCUT2D eigenvalue weighted by Gasteiger charge is 2.25. The van der Waals surface area contributed by atoms with Gasteiger partial charge in [-0.1, -0.05) is 0 Å². The molecule has 0 aliphatic carbocycles. The Hall–Kier alpha value is -1.03. The van der Waals surface area contributed by atoms with E-state index in [9.17, 15) is 0 Å². The smallest absolute Gasteiger partial charge is 0.129 e. The summed E-state index contributed by atoms with van der Waals surface area (Å²) in [5, 5.41) is 3.37. The molecule has 4 heteroatoms. The van der Waals surface area contributed by atoms with E-state index in [2.05, 4.69) is 14.9 Å². The van der Waals surface area contributed by atoms with Gasteiger partial charge in [0.2, 0.25) is 0 Å². The van der Waals surface area contributed by atoms with E-state index in [1.165, 1.54) is 17.3 Å². The van der Waals surface area contributed by atoms with Crippen molar-refractivity contribution in [1.82, 2.24) is 9.55 Å². The Morgan fingerprint density at radius 1 is 1.46 bits per heavy atom. The lowest BCUT2D eigenvalue weighted by Crippen LogP contribution is -2.32. The summed E-state index contributed by atoms with van der Waals surface area (Å²) in [6, 6.07) is 0.313.